The second-order valence-electron chi connectivity index (χ2n) is 3.76. The second kappa shape index (κ2) is 5.96. The number of hydrogen-bond donors (Lipinski definition) is 3. The van der Waals surface area contributed by atoms with Crippen molar-refractivity contribution in [3.05, 3.63) is 46.0 Å². The zero-order chi connectivity index (χ0) is 14.8. The van der Waals surface area contributed by atoms with Crippen molar-refractivity contribution in [3.63, 3.8) is 0 Å². The summed E-state index contributed by atoms with van der Waals surface area (Å²) in [7, 11) is -3.72. The minimum absolute atomic E-state index is 0.0236. The zero-order valence-corrected chi connectivity index (χ0v) is 13.1. The summed E-state index contributed by atoms with van der Waals surface area (Å²) in [5.41, 5.74) is 2.68. The normalized spacial score (nSPS) is 11.2. The molecule has 0 saturated heterocycles. The van der Waals surface area contributed by atoms with Crippen molar-refractivity contribution < 1.29 is 8.42 Å². The smallest absolute Gasteiger partial charge is 0.263 e. The molecule has 0 aliphatic rings. The molecule has 0 saturated carbocycles. The molecule has 0 unspecified atom stereocenters. The maximum Gasteiger partial charge on any atom is 0.263 e. The molecule has 1 aromatic heterocycles. The van der Waals surface area contributed by atoms with E-state index in [-0.39, 0.29) is 4.90 Å². The molecule has 9 heteroatoms. The number of sulfonamides is 1. The number of benzene rings is 1. The van der Waals surface area contributed by atoms with Crippen LogP contribution >= 0.6 is 27.5 Å². The number of anilines is 2. The van der Waals surface area contributed by atoms with Gasteiger partial charge in [-0.1, -0.05) is 11.6 Å². The number of nitrogens with one attached hydrogen (secondary N) is 2. The Kier molecular flexibility index (Phi) is 4.48. The highest BCUT2D eigenvalue weighted by Crippen LogP contribution is 2.26. The first-order valence-electron chi connectivity index (χ1n) is 5.33. The molecule has 2 rings (SSSR count). The van der Waals surface area contributed by atoms with E-state index in [9.17, 15) is 8.42 Å². The fourth-order valence-electron chi connectivity index (χ4n) is 1.40. The monoisotopic (exact) mass is 376 g/mol. The van der Waals surface area contributed by atoms with Gasteiger partial charge >= 0.3 is 0 Å². The van der Waals surface area contributed by atoms with E-state index in [0.29, 0.717) is 21.0 Å². The Labute approximate surface area is 129 Å². The van der Waals surface area contributed by atoms with Crippen molar-refractivity contribution in [2.45, 2.75) is 4.90 Å². The molecular formula is C11H10BrClN4O2S. The molecule has 0 aliphatic heterocycles. The Morgan fingerprint density at radius 1 is 1.25 bits per heavy atom. The lowest BCUT2D eigenvalue weighted by molar-refractivity contribution is 0.601. The van der Waals surface area contributed by atoms with Crippen molar-refractivity contribution >= 4 is 49.1 Å². The molecule has 2 aromatic rings. The van der Waals surface area contributed by atoms with Gasteiger partial charge in [-0.2, -0.15) is 0 Å². The highest BCUT2D eigenvalue weighted by molar-refractivity contribution is 9.10. The number of nitrogens with zero attached hydrogens (tertiary/aromatic N) is 1. The maximum absolute atomic E-state index is 12.1. The van der Waals surface area contributed by atoms with Crippen molar-refractivity contribution in [1.29, 1.82) is 0 Å². The molecule has 0 atom stereocenters. The maximum atomic E-state index is 12.1. The van der Waals surface area contributed by atoms with Crippen molar-refractivity contribution in [1.82, 2.24) is 4.98 Å². The predicted octanol–water partition coefficient (Wildman–Crippen LogP) is 2.58. The molecular weight excluding hydrogens is 368 g/mol. The number of pyridine rings is 1. The van der Waals surface area contributed by atoms with E-state index in [1.165, 1.54) is 24.4 Å². The summed E-state index contributed by atoms with van der Waals surface area (Å²) in [6.07, 6.45) is 1.21. The van der Waals surface area contributed by atoms with E-state index in [1.807, 2.05) is 0 Å². The average molecular weight is 378 g/mol. The SMILES string of the molecule is NNc1ccc(S(=O)(=O)Nc2ccc(Br)c(Cl)c2)cn1. The largest absolute Gasteiger partial charge is 0.308 e. The van der Waals surface area contributed by atoms with Crippen molar-refractivity contribution in [2.24, 2.45) is 5.84 Å². The Morgan fingerprint density at radius 3 is 2.55 bits per heavy atom. The van der Waals surface area contributed by atoms with Crippen LogP contribution in [-0.2, 0) is 10.0 Å². The second-order valence-corrected chi connectivity index (χ2v) is 6.70. The number of hydrazine groups is 1. The van der Waals surface area contributed by atoms with Gasteiger partial charge in [-0.25, -0.2) is 19.2 Å². The zero-order valence-electron chi connectivity index (χ0n) is 9.97. The lowest BCUT2D eigenvalue weighted by Gasteiger charge is -2.09. The number of nitrogen functional groups attached to an aromatic ring is 1. The molecule has 0 bridgehead atoms. The molecule has 1 aromatic carbocycles. The van der Waals surface area contributed by atoms with Gasteiger partial charge in [0.25, 0.3) is 10.0 Å². The molecule has 0 radical (unpaired) electrons. The topological polar surface area (TPSA) is 97.1 Å². The summed E-state index contributed by atoms with van der Waals surface area (Å²) in [5, 5.41) is 0.408. The molecule has 106 valence electrons. The molecule has 0 aliphatic carbocycles. The van der Waals surface area contributed by atoms with Gasteiger partial charge in [-0.3, -0.25) is 4.72 Å². The van der Waals surface area contributed by atoms with Crippen LogP contribution in [0.1, 0.15) is 0 Å². The Hall–Kier alpha value is -1.35. The lowest BCUT2D eigenvalue weighted by atomic mass is 10.3. The van der Waals surface area contributed by atoms with Crippen LogP contribution < -0.4 is 16.0 Å². The summed E-state index contributed by atoms with van der Waals surface area (Å²) in [6, 6.07) is 7.61. The van der Waals surface area contributed by atoms with Crippen LogP contribution in [0.15, 0.2) is 45.9 Å². The molecule has 0 amide bonds. The summed E-state index contributed by atoms with van der Waals surface area (Å²) >= 11 is 9.14. The average Bonchev–Trinajstić information content (AvgIpc) is 2.43. The summed E-state index contributed by atoms with van der Waals surface area (Å²) in [4.78, 5) is 3.87. The molecule has 4 N–H and O–H groups in total. The van der Waals surface area contributed by atoms with Crippen LogP contribution in [0.25, 0.3) is 0 Å². The molecule has 6 nitrogen and oxygen atoms in total. The van der Waals surface area contributed by atoms with Crippen LogP contribution in [0.5, 0.6) is 0 Å². The number of halogens is 2. The third-order valence-electron chi connectivity index (χ3n) is 2.37. The third kappa shape index (κ3) is 3.40. The van der Waals surface area contributed by atoms with Gasteiger partial charge in [0.1, 0.15) is 10.7 Å². The van der Waals surface area contributed by atoms with Crippen LogP contribution in [0.4, 0.5) is 11.5 Å². The fraction of sp³-hybridized carbons (Fsp3) is 0. The van der Waals surface area contributed by atoms with E-state index in [4.69, 9.17) is 17.4 Å². The first kappa shape index (κ1) is 15.0. The van der Waals surface area contributed by atoms with Crippen LogP contribution in [-0.4, -0.2) is 13.4 Å². The standard InChI is InChI=1S/C11H10BrClN4O2S/c12-9-3-1-7(5-10(9)13)17-20(18,19)8-2-4-11(16-14)15-6-8/h1-6,17H,14H2,(H,15,16). The fourth-order valence-corrected chi connectivity index (χ4v) is 2.82. The lowest BCUT2D eigenvalue weighted by Crippen LogP contribution is -2.14. The predicted molar refractivity (Wildman–Crippen MR) is 82.0 cm³/mol. The van der Waals surface area contributed by atoms with Gasteiger partial charge in [-0.15, -0.1) is 0 Å². The first-order chi connectivity index (χ1) is 9.42. The first-order valence-corrected chi connectivity index (χ1v) is 7.98. The number of rotatable bonds is 4. The number of hydrogen-bond acceptors (Lipinski definition) is 5. The van der Waals surface area contributed by atoms with E-state index < -0.39 is 10.0 Å². The summed E-state index contributed by atoms with van der Waals surface area (Å²) < 4.78 is 27.4. The minimum Gasteiger partial charge on any atom is -0.308 e. The highest BCUT2D eigenvalue weighted by Gasteiger charge is 2.15. The molecule has 0 fully saturated rings. The van der Waals surface area contributed by atoms with Gasteiger partial charge in [0.15, 0.2) is 0 Å². The van der Waals surface area contributed by atoms with Crippen LogP contribution in [0.3, 0.4) is 0 Å². The molecule has 1 heterocycles. The Balaban J connectivity index is 2.27. The van der Waals surface area contributed by atoms with Crippen LogP contribution in [0, 0.1) is 0 Å². The number of nitrogens with two attached hydrogens (primary N) is 1. The van der Waals surface area contributed by atoms with Gasteiger partial charge in [-0.05, 0) is 46.3 Å². The van der Waals surface area contributed by atoms with E-state index in [1.54, 1.807) is 12.1 Å². The summed E-state index contributed by atoms with van der Waals surface area (Å²) in [5.74, 6) is 5.54. The van der Waals surface area contributed by atoms with Gasteiger partial charge < -0.3 is 5.43 Å². The Bertz CT molecular complexity index is 722. The van der Waals surface area contributed by atoms with Gasteiger partial charge in [0.05, 0.1) is 10.7 Å². The van der Waals surface area contributed by atoms with Crippen molar-refractivity contribution in [3.8, 4) is 0 Å². The highest BCUT2D eigenvalue weighted by atomic mass is 79.9. The third-order valence-corrected chi connectivity index (χ3v) is 4.97. The Morgan fingerprint density at radius 2 is 2.00 bits per heavy atom. The van der Waals surface area contributed by atoms with Gasteiger partial charge in [0, 0.05) is 10.7 Å². The van der Waals surface area contributed by atoms with Crippen LogP contribution in [0.2, 0.25) is 5.02 Å². The molecule has 20 heavy (non-hydrogen) atoms. The quantitative estimate of drug-likeness (QED) is 0.562. The van der Waals surface area contributed by atoms with E-state index in [2.05, 4.69) is 31.1 Å². The van der Waals surface area contributed by atoms with Gasteiger partial charge in [0.2, 0.25) is 0 Å². The van der Waals surface area contributed by atoms with E-state index in [0.717, 1.165) is 0 Å². The van der Waals surface area contributed by atoms with Crippen molar-refractivity contribution in [2.75, 3.05) is 10.1 Å². The number of aromatic nitrogens is 1. The summed E-state index contributed by atoms with van der Waals surface area (Å²) in [6.45, 7) is 0. The minimum atomic E-state index is -3.72. The molecule has 0 spiro atoms. The van der Waals surface area contributed by atoms with E-state index >= 15 is 0 Å².